The largest absolute Gasteiger partial charge is 0.326 e. The van der Waals surface area contributed by atoms with Gasteiger partial charge in [-0.2, -0.15) is 0 Å². The molecule has 3 heteroatoms. The van der Waals surface area contributed by atoms with Crippen LogP contribution in [0.2, 0.25) is 5.31 Å². The van der Waals surface area contributed by atoms with Crippen LogP contribution in [0.3, 0.4) is 0 Å². The number of unbranched alkanes of at least 4 members (excludes halogenated alkanes) is 3. The van der Waals surface area contributed by atoms with Crippen LogP contribution in [0.1, 0.15) is 92.4 Å². The summed E-state index contributed by atoms with van der Waals surface area (Å²) in [6, 6.07) is 0. The highest BCUT2D eigenvalue weighted by Crippen LogP contribution is 2.28. The molecule has 0 rings (SSSR count). The summed E-state index contributed by atoms with van der Waals surface area (Å²) in [6.45, 7) is 11.1. The Kier molecular flexibility index (Phi) is 8.43. The van der Waals surface area contributed by atoms with Crippen molar-refractivity contribution < 1.29 is 0 Å². The maximum absolute atomic E-state index is 6.41. The lowest BCUT2D eigenvalue weighted by Gasteiger charge is -2.26. The number of rotatable bonds is 11. The van der Waals surface area contributed by atoms with Gasteiger partial charge in [0.1, 0.15) is 7.85 Å². The number of nitrogens with two attached hydrogens (primary N) is 2. The maximum atomic E-state index is 6.41. The summed E-state index contributed by atoms with van der Waals surface area (Å²) in [6.07, 6.45) is 11.0. The minimum absolute atomic E-state index is 0.0149. The zero-order chi connectivity index (χ0) is 15.9. The van der Waals surface area contributed by atoms with E-state index in [1.165, 1.54) is 38.5 Å². The molecule has 120 valence electrons. The molecule has 0 spiro atoms. The topological polar surface area (TPSA) is 52.0 Å². The van der Waals surface area contributed by atoms with Gasteiger partial charge in [-0.05, 0) is 40.0 Å². The van der Waals surface area contributed by atoms with E-state index in [1.54, 1.807) is 0 Å². The molecule has 0 aromatic rings. The Bertz CT molecular complexity index is 249. The van der Waals surface area contributed by atoms with Crippen molar-refractivity contribution in [1.82, 2.24) is 0 Å². The van der Waals surface area contributed by atoms with E-state index in [0.717, 1.165) is 19.3 Å². The minimum atomic E-state index is -0.0149. The standard InChI is InChI=1S/C17H39BN2/c1-15(2,18)11-9-10-14-17(5,20)13-8-6-7-12-16(3,4)19/h6-14,18-20H2,1-5H3. The lowest BCUT2D eigenvalue weighted by Crippen LogP contribution is -2.36. The number of hydrogen-bond donors (Lipinski definition) is 2. The summed E-state index contributed by atoms with van der Waals surface area (Å²) in [5.74, 6) is 0. The molecule has 0 aromatic heterocycles. The van der Waals surface area contributed by atoms with Crippen LogP contribution in [0.5, 0.6) is 0 Å². The predicted molar refractivity (Wildman–Crippen MR) is 95.0 cm³/mol. The number of hydrogen-bond acceptors (Lipinski definition) is 2. The minimum Gasteiger partial charge on any atom is -0.326 e. The summed E-state index contributed by atoms with van der Waals surface area (Å²) >= 11 is 0. The highest BCUT2D eigenvalue weighted by molar-refractivity contribution is 6.14. The van der Waals surface area contributed by atoms with Crippen molar-refractivity contribution in [2.45, 2.75) is 109 Å². The molecule has 0 radical (unpaired) electrons. The van der Waals surface area contributed by atoms with Gasteiger partial charge in [0.15, 0.2) is 0 Å². The summed E-state index contributed by atoms with van der Waals surface area (Å²) in [5, 5.41) is 0.458. The highest BCUT2D eigenvalue weighted by Gasteiger charge is 2.18. The van der Waals surface area contributed by atoms with Crippen LogP contribution < -0.4 is 11.5 Å². The third kappa shape index (κ3) is 14.4. The van der Waals surface area contributed by atoms with Crippen molar-refractivity contribution >= 4 is 7.85 Å². The van der Waals surface area contributed by atoms with Gasteiger partial charge in [0.05, 0.1) is 0 Å². The second-order valence-corrected chi connectivity index (χ2v) is 8.97. The molecular weight excluding hydrogens is 243 g/mol. The van der Waals surface area contributed by atoms with Crippen LogP contribution in [-0.4, -0.2) is 18.9 Å². The van der Waals surface area contributed by atoms with Crippen LogP contribution in [0.15, 0.2) is 0 Å². The van der Waals surface area contributed by atoms with Gasteiger partial charge in [0.2, 0.25) is 0 Å². The Morgan fingerprint density at radius 2 is 1.05 bits per heavy atom. The van der Waals surface area contributed by atoms with Crippen molar-refractivity contribution in [3.63, 3.8) is 0 Å². The third-order valence-corrected chi connectivity index (χ3v) is 3.99. The van der Waals surface area contributed by atoms with Crippen molar-refractivity contribution in [3.8, 4) is 0 Å². The predicted octanol–water partition coefficient (Wildman–Crippen LogP) is 3.78. The fraction of sp³-hybridized carbons (Fsp3) is 1.00. The van der Waals surface area contributed by atoms with E-state index in [4.69, 9.17) is 11.5 Å². The van der Waals surface area contributed by atoms with E-state index >= 15 is 0 Å². The van der Waals surface area contributed by atoms with E-state index in [-0.39, 0.29) is 11.1 Å². The SMILES string of the molecule is BC(C)(C)CCCCC(C)(N)CCCCCC(C)(C)N. The Labute approximate surface area is 128 Å². The van der Waals surface area contributed by atoms with Gasteiger partial charge >= 0.3 is 0 Å². The second-order valence-electron chi connectivity index (χ2n) is 8.97. The van der Waals surface area contributed by atoms with Gasteiger partial charge in [-0.25, -0.2) is 0 Å². The Hall–Kier alpha value is -0.0151. The molecule has 0 fully saturated rings. The van der Waals surface area contributed by atoms with Gasteiger partial charge in [-0.15, -0.1) is 0 Å². The first-order chi connectivity index (χ1) is 8.91. The van der Waals surface area contributed by atoms with Crippen molar-refractivity contribution in [1.29, 1.82) is 0 Å². The first kappa shape index (κ1) is 20.0. The lowest BCUT2D eigenvalue weighted by molar-refractivity contribution is 0.355. The fourth-order valence-electron chi connectivity index (χ4n) is 2.60. The van der Waals surface area contributed by atoms with Gasteiger partial charge < -0.3 is 11.5 Å². The van der Waals surface area contributed by atoms with Crippen molar-refractivity contribution in [3.05, 3.63) is 0 Å². The molecule has 0 amide bonds. The van der Waals surface area contributed by atoms with Gasteiger partial charge in [-0.1, -0.05) is 57.7 Å². The Balaban J connectivity index is 3.64. The van der Waals surface area contributed by atoms with Crippen LogP contribution in [0, 0.1) is 0 Å². The third-order valence-electron chi connectivity index (χ3n) is 3.99. The molecule has 0 saturated carbocycles. The normalized spacial score (nSPS) is 16.1. The first-order valence-electron chi connectivity index (χ1n) is 8.49. The molecule has 0 aliphatic heterocycles. The van der Waals surface area contributed by atoms with Gasteiger partial charge in [-0.3, -0.25) is 0 Å². The zero-order valence-electron chi connectivity index (χ0n) is 15.0. The molecule has 2 nitrogen and oxygen atoms in total. The Morgan fingerprint density at radius 3 is 1.50 bits per heavy atom. The first-order valence-corrected chi connectivity index (χ1v) is 8.49. The van der Waals surface area contributed by atoms with E-state index in [2.05, 4.69) is 42.5 Å². The lowest BCUT2D eigenvalue weighted by atomic mass is 9.69. The van der Waals surface area contributed by atoms with E-state index in [0.29, 0.717) is 5.31 Å². The average molecular weight is 282 g/mol. The van der Waals surface area contributed by atoms with Gasteiger partial charge in [0, 0.05) is 11.1 Å². The second kappa shape index (κ2) is 8.43. The molecule has 0 saturated heterocycles. The van der Waals surface area contributed by atoms with Crippen LogP contribution in [-0.2, 0) is 0 Å². The molecule has 20 heavy (non-hydrogen) atoms. The van der Waals surface area contributed by atoms with Crippen LogP contribution >= 0.6 is 0 Å². The van der Waals surface area contributed by atoms with E-state index in [9.17, 15) is 0 Å². The quantitative estimate of drug-likeness (QED) is 0.447. The van der Waals surface area contributed by atoms with Gasteiger partial charge in [0.25, 0.3) is 0 Å². The maximum Gasteiger partial charge on any atom is 0.108 e. The molecule has 0 bridgehead atoms. The highest BCUT2D eigenvalue weighted by atomic mass is 14.7. The fourth-order valence-corrected chi connectivity index (χ4v) is 2.60. The molecule has 0 heterocycles. The summed E-state index contributed by atoms with van der Waals surface area (Å²) in [7, 11) is 2.31. The molecule has 0 aromatic carbocycles. The average Bonchev–Trinajstić information content (AvgIpc) is 2.21. The molecule has 0 aliphatic carbocycles. The molecule has 4 N–H and O–H groups in total. The van der Waals surface area contributed by atoms with Crippen molar-refractivity contribution in [2.24, 2.45) is 11.5 Å². The van der Waals surface area contributed by atoms with Crippen LogP contribution in [0.25, 0.3) is 0 Å². The smallest absolute Gasteiger partial charge is 0.108 e. The van der Waals surface area contributed by atoms with Crippen molar-refractivity contribution in [2.75, 3.05) is 0 Å². The molecule has 0 aliphatic rings. The summed E-state index contributed by atoms with van der Waals surface area (Å²) in [5.41, 5.74) is 12.4. The molecule has 1 atom stereocenters. The molecule has 1 unspecified atom stereocenters. The monoisotopic (exact) mass is 282 g/mol. The van der Waals surface area contributed by atoms with E-state index < -0.39 is 0 Å². The Morgan fingerprint density at radius 1 is 0.650 bits per heavy atom. The summed E-state index contributed by atoms with van der Waals surface area (Å²) in [4.78, 5) is 0. The molecular formula is C17H39BN2. The van der Waals surface area contributed by atoms with Crippen LogP contribution in [0.4, 0.5) is 0 Å². The summed E-state index contributed by atoms with van der Waals surface area (Å²) < 4.78 is 0. The van der Waals surface area contributed by atoms with E-state index in [1.807, 2.05) is 0 Å². The zero-order valence-corrected chi connectivity index (χ0v) is 15.0.